The van der Waals surface area contributed by atoms with Gasteiger partial charge < -0.3 is 13.9 Å². The van der Waals surface area contributed by atoms with E-state index >= 15 is 0 Å². The summed E-state index contributed by atoms with van der Waals surface area (Å²) in [7, 11) is 0. The van der Waals surface area contributed by atoms with Crippen molar-refractivity contribution in [3.05, 3.63) is 169 Å². The van der Waals surface area contributed by atoms with Crippen LogP contribution >= 0.6 is 0 Å². The summed E-state index contributed by atoms with van der Waals surface area (Å²) in [5, 5.41) is 2.23. The quantitative estimate of drug-likeness (QED) is 0.150. The molecule has 0 amide bonds. The number of imidazole rings is 1. The number of ether oxygens (including phenoxy) is 1. The maximum atomic E-state index is 6.52. The van der Waals surface area contributed by atoms with E-state index < -0.39 is 0 Å². The van der Waals surface area contributed by atoms with Crippen LogP contribution in [0, 0.1) is 12.1 Å². The molecule has 3 heterocycles. The summed E-state index contributed by atoms with van der Waals surface area (Å²) < 4.78 is 10.9. The zero-order chi connectivity index (χ0) is 34.5. The van der Waals surface area contributed by atoms with Gasteiger partial charge in [-0.15, -0.1) is 41.3 Å². The molecule has 0 unspecified atom stereocenters. The molecule has 0 N–H and O–H groups in total. The number of rotatable bonds is 7. The van der Waals surface area contributed by atoms with E-state index in [9.17, 15) is 0 Å². The van der Waals surface area contributed by atoms with Crippen molar-refractivity contribution in [1.29, 1.82) is 0 Å². The maximum absolute atomic E-state index is 6.52. The largest absolute Gasteiger partial charge is 2.00 e. The van der Waals surface area contributed by atoms with Gasteiger partial charge in [0.1, 0.15) is 5.82 Å². The zero-order valence-corrected chi connectivity index (χ0v) is 31.6. The molecule has 5 nitrogen and oxygen atoms in total. The van der Waals surface area contributed by atoms with Crippen molar-refractivity contribution in [2.45, 2.75) is 45.4 Å². The minimum Gasteiger partial charge on any atom is -0.503 e. The molecule has 0 saturated heterocycles. The molecule has 8 rings (SSSR count). The van der Waals surface area contributed by atoms with E-state index in [0.29, 0.717) is 11.5 Å². The van der Waals surface area contributed by atoms with Crippen LogP contribution in [-0.2, 0) is 31.9 Å². The fourth-order valence-corrected chi connectivity index (χ4v) is 6.76. The minimum atomic E-state index is -0.305. The first-order chi connectivity index (χ1) is 24.2. The summed E-state index contributed by atoms with van der Waals surface area (Å²) in [6.45, 7) is 11.1. The molecule has 5 aromatic carbocycles. The van der Waals surface area contributed by atoms with E-state index in [2.05, 4.69) is 153 Å². The summed E-state index contributed by atoms with van der Waals surface area (Å²) in [5.74, 6) is 2.83. The predicted molar refractivity (Wildman–Crippen MR) is 203 cm³/mol. The Balaban J connectivity index is 0.00000406. The number of para-hydroxylation sites is 2. The van der Waals surface area contributed by atoms with Gasteiger partial charge in [-0.1, -0.05) is 113 Å². The van der Waals surface area contributed by atoms with Crippen LogP contribution in [-0.4, -0.2) is 19.1 Å². The number of fused-ring (bicyclic) bond motifs is 3. The van der Waals surface area contributed by atoms with Crippen molar-refractivity contribution in [2.75, 3.05) is 0 Å². The monoisotopic (exact) mass is 845 g/mol. The molecule has 0 bridgehead atoms. The number of hydrogen-bond acceptors (Lipinski definition) is 3. The number of benzene rings is 5. The third-order valence-electron chi connectivity index (χ3n) is 9.54. The molecule has 51 heavy (non-hydrogen) atoms. The smallest absolute Gasteiger partial charge is 0.503 e. The molecule has 0 atom stereocenters. The summed E-state index contributed by atoms with van der Waals surface area (Å²) in [6, 6.07) is 50.8. The van der Waals surface area contributed by atoms with Crippen molar-refractivity contribution in [1.82, 2.24) is 19.1 Å². The average molecular weight is 846 g/mol. The molecule has 0 aliphatic heterocycles. The summed E-state index contributed by atoms with van der Waals surface area (Å²) in [5.41, 5.74) is 7.05. The van der Waals surface area contributed by atoms with Crippen LogP contribution < -0.4 is 4.74 Å². The van der Waals surface area contributed by atoms with Crippen LogP contribution in [0.5, 0.6) is 11.5 Å². The Hall–Kier alpha value is -5.25. The molecule has 6 heteroatoms. The Morgan fingerprint density at radius 1 is 0.608 bits per heavy atom. The number of hydrogen-bond donors (Lipinski definition) is 0. The van der Waals surface area contributed by atoms with Crippen molar-refractivity contribution in [3.8, 4) is 34.4 Å². The van der Waals surface area contributed by atoms with Crippen LogP contribution in [0.1, 0.15) is 51.4 Å². The Bertz CT molecular complexity index is 2470. The van der Waals surface area contributed by atoms with Crippen LogP contribution in [0.4, 0.5) is 0 Å². The van der Waals surface area contributed by atoms with Gasteiger partial charge in [0.2, 0.25) is 0 Å². The van der Waals surface area contributed by atoms with Crippen molar-refractivity contribution >= 4 is 21.8 Å². The fraction of sp³-hybridized carbons (Fsp3) is 0.156. The normalized spacial score (nSPS) is 11.9. The average Bonchev–Trinajstić information content (AvgIpc) is 3.73. The van der Waals surface area contributed by atoms with Crippen LogP contribution in [0.15, 0.2) is 140 Å². The van der Waals surface area contributed by atoms with Crippen molar-refractivity contribution in [2.24, 2.45) is 0 Å². The molecule has 0 spiro atoms. The molecule has 8 aromatic rings. The topological polar surface area (TPSA) is 44.9 Å². The molecule has 0 radical (unpaired) electrons. The molecular weight excluding hydrogens is 808 g/mol. The van der Waals surface area contributed by atoms with Gasteiger partial charge in [-0.05, 0) is 52.3 Å². The molecule has 0 aliphatic rings. The second-order valence-electron chi connectivity index (χ2n) is 14.2. The van der Waals surface area contributed by atoms with Crippen molar-refractivity contribution in [3.63, 3.8) is 0 Å². The molecule has 254 valence electrons. The van der Waals surface area contributed by atoms with Gasteiger partial charge in [0.25, 0.3) is 0 Å². The fourth-order valence-electron chi connectivity index (χ4n) is 6.76. The molecule has 3 aromatic heterocycles. The molecule has 0 saturated carbocycles. The molecule has 0 aliphatic carbocycles. The van der Waals surface area contributed by atoms with E-state index in [1.165, 1.54) is 11.1 Å². The first-order valence-electron chi connectivity index (χ1n) is 17.0. The molecular formula is C45H38N4OPt. The Kier molecular flexibility index (Phi) is 9.03. The van der Waals surface area contributed by atoms with Gasteiger partial charge in [-0.2, -0.15) is 6.07 Å². The number of aromatic nitrogens is 4. The Labute approximate surface area is 313 Å². The predicted octanol–water partition coefficient (Wildman–Crippen LogP) is 11.0. The van der Waals surface area contributed by atoms with Crippen LogP contribution in [0.2, 0.25) is 0 Å². The Morgan fingerprint density at radius 2 is 1.31 bits per heavy atom. The van der Waals surface area contributed by atoms with Crippen LogP contribution in [0.25, 0.3) is 44.7 Å². The van der Waals surface area contributed by atoms with Gasteiger partial charge in [0.15, 0.2) is 0 Å². The summed E-state index contributed by atoms with van der Waals surface area (Å²) in [6.07, 6.45) is 3.88. The summed E-state index contributed by atoms with van der Waals surface area (Å²) in [4.78, 5) is 9.81. The maximum Gasteiger partial charge on any atom is 2.00 e. The van der Waals surface area contributed by atoms with Gasteiger partial charge in [0.05, 0.1) is 5.82 Å². The van der Waals surface area contributed by atoms with Gasteiger partial charge in [-0.25, -0.2) is 4.98 Å². The minimum absolute atomic E-state index is 0. The van der Waals surface area contributed by atoms with E-state index in [1.807, 2.05) is 42.7 Å². The van der Waals surface area contributed by atoms with E-state index in [1.54, 1.807) is 0 Å². The zero-order valence-electron chi connectivity index (χ0n) is 29.3. The van der Waals surface area contributed by atoms with Gasteiger partial charge >= 0.3 is 21.1 Å². The third-order valence-corrected chi connectivity index (χ3v) is 9.54. The number of pyridine rings is 1. The number of nitrogens with zero attached hydrogens (tertiary/aromatic N) is 4. The first kappa shape index (κ1) is 34.2. The van der Waals surface area contributed by atoms with Crippen molar-refractivity contribution < 1.29 is 25.8 Å². The second-order valence-corrected chi connectivity index (χ2v) is 14.2. The second kappa shape index (κ2) is 13.5. The standard InChI is InChI=1S/C45H38N4O.Pt/c1-44(2,3)33-25-26-46-42(28-33)49-39-22-13-12-21-37(39)38-24-23-36(29-40(38)49)50-35-20-14-15-31(27-35)43-47-30-41(48(43)34-18-10-7-11-19-34)45(4,5)32-16-8-6-9-17-32;/h6-26,28,30H,1-5H3;/q-2;+2. The van der Waals surface area contributed by atoms with Crippen LogP contribution in [0.3, 0.4) is 0 Å². The Morgan fingerprint density at radius 3 is 2.08 bits per heavy atom. The molecule has 0 fully saturated rings. The van der Waals surface area contributed by atoms with Gasteiger partial charge in [-0.3, -0.25) is 4.98 Å². The van der Waals surface area contributed by atoms with Gasteiger partial charge in [0, 0.05) is 46.2 Å². The van der Waals surface area contributed by atoms with E-state index in [0.717, 1.165) is 50.4 Å². The van der Waals surface area contributed by atoms with E-state index in [4.69, 9.17) is 14.7 Å². The SMILES string of the molecule is CC(C)(C)c1ccnc(-n2c3[c-]c(Oc4[c-]c(-c5ncc(C(C)(C)c6ccccc6)n5-c5ccccc5)ccc4)ccc3c3ccccc32)c1.[Pt+2]. The summed E-state index contributed by atoms with van der Waals surface area (Å²) >= 11 is 0. The third kappa shape index (κ3) is 6.32. The first-order valence-corrected chi connectivity index (χ1v) is 17.0. The van der Waals surface area contributed by atoms with E-state index in [-0.39, 0.29) is 31.9 Å².